The third kappa shape index (κ3) is 4.31. The van der Waals surface area contributed by atoms with Crippen LogP contribution in [-0.2, 0) is 0 Å². The second-order valence-corrected chi connectivity index (χ2v) is 5.91. The highest BCUT2D eigenvalue weighted by Crippen LogP contribution is 2.34. The molecule has 2 heteroatoms. The van der Waals surface area contributed by atoms with E-state index >= 15 is 0 Å². The van der Waals surface area contributed by atoms with Crippen LogP contribution in [0.25, 0.3) is 0 Å². The Balaban J connectivity index is 1.64. The zero-order chi connectivity index (χ0) is 12.6. The Labute approximate surface area is 119 Å². The van der Waals surface area contributed by atoms with Crippen molar-refractivity contribution in [2.24, 2.45) is 11.8 Å². The average molecular weight is 311 g/mol. The molecule has 1 aliphatic rings. The lowest BCUT2D eigenvalue weighted by atomic mass is 9.89. The Morgan fingerprint density at radius 3 is 2.56 bits per heavy atom. The number of ether oxygens (including phenoxy) is 1. The first-order valence-corrected chi connectivity index (χ1v) is 8.26. The second-order valence-electron chi connectivity index (χ2n) is 5.26. The van der Waals surface area contributed by atoms with Gasteiger partial charge in [-0.25, -0.2) is 0 Å². The van der Waals surface area contributed by atoms with Gasteiger partial charge in [0.15, 0.2) is 0 Å². The Hall–Kier alpha value is -0.500. The van der Waals surface area contributed by atoms with Crippen LogP contribution in [-0.4, -0.2) is 11.9 Å². The molecule has 1 aromatic carbocycles. The highest BCUT2D eigenvalue weighted by atomic mass is 79.9. The monoisotopic (exact) mass is 310 g/mol. The van der Waals surface area contributed by atoms with E-state index in [4.69, 9.17) is 4.74 Å². The summed E-state index contributed by atoms with van der Waals surface area (Å²) in [4.78, 5) is 0. The van der Waals surface area contributed by atoms with Gasteiger partial charge in [-0.2, -0.15) is 0 Å². The van der Waals surface area contributed by atoms with Crippen molar-refractivity contribution in [3.05, 3.63) is 30.3 Å². The third-order valence-electron chi connectivity index (χ3n) is 4.00. The fourth-order valence-electron chi connectivity index (χ4n) is 2.92. The summed E-state index contributed by atoms with van der Waals surface area (Å²) in [6.45, 7) is 0.847. The standard InChI is InChI=1S/C16H23BrO/c17-13-15(14-7-4-5-8-14)9-6-12-18-16-10-2-1-3-11-16/h1-3,10-11,14-15H,4-9,12-13H2. The van der Waals surface area contributed by atoms with Crippen LogP contribution in [0.3, 0.4) is 0 Å². The topological polar surface area (TPSA) is 9.23 Å². The zero-order valence-corrected chi connectivity index (χ0v) is 12.6. The molecule has 100 valence electrons. The summed E-state index contributed by atoms with van der Waals surface area (Å²) >= 11 is 3.68. The Bertz CT molecular complexity index is 319. The first-order valence-electron chi connectivity index (χ1n) is 7.14. The first-order chi connectivity index (χ1) is 8.90. The molecule has 1 saturated carbocycles. The molecular formula is C16H23BrO. The second kappa shape index (κ2) is 7.83. The van der Waals surface area contributed by atoms with Gasteiger partial charge in [-0.3, -0.25) is 0 Å². The van der Waals surface area contributed by atoms with Gasteiger partial charge < -0.3 is 4.74 Å². The van der Waals surface area contributed by atoms with Gasteiger partial charge in [0.05, 0.1) is 6.61 Å². The van der Waals surface area contributed by atoms with Crippen LogP contribution in [0.2, 0.25) is 0 Å². The summed E-state index contributed by atoms with van der Waals surface area (Å²) in [6, 6.07) is 10.1. The number of rotatable bonds is 7. The molecule has 1 aromatic rings. The molecule has 1 unspecified atom stereocenters. The van der Waals surface area contributed by atoms with E-state index in [1.165, 1.54) is 38.5 Å². The molecule has 0 bridgehead atoms. The van der Waals surface area contributed by atoms with Crippen LogP contribution < -0.4 is 4.74 Å². The van der Waals surface area contributed by atoms with Gasteiger partial charge in [0, 0.05) is 5.33 Å². The minimum absolute atomic E-state index is 0.847. The van der Waals surface area contributed by atoms with Crippen molar-refractivity contribution in [2.45, 2.75) is 38.5 Å². The van der Waals surface area contributed by atoms with Crippen molar-refractivity contribution in [1.29, 1.82) is 0 Å². The molecule has 0 aliphatic heterocycles. The number of hydrogen-bond acceptors (Lipinski definition) is 1. The summed E-state index contributed by atoms with van der Waals surface area (Å²) in [6.07, 6.45) is 8.22. The highest BCUT2D eigenvalue weighted by Gasteiger charge is 2.23. The van der Waals surface area contributed by atoms with Gasteiger partial charge in [0.25, 0.3) is 0 Å². The number of para-hydroxylation sites is 1. The SMILES string of the molecule is BrCC(CCCOc1ccccc1)C1CCCC1. The van der Waals surface area contributed by atoms with Gasteiger partial charge in [-0.15, -0.1) is 0 Å². The van der Waals surface area contributed by atoms with Crippen LogP contribution in [0.1, 0.15) is 38.5 Å². The summed E-state index contributed by atoms with van der Waals surface area (Å²) in [5, 5.41) is 1.16. The Morgan fingerprint density at radius 2 is 1.89 bits per heavy atom. The molecule has 0 radical (unpaired) electrons. The molecule has 0 saturated heterocycles. The molecule has 1 aliphatic carbocycles. The molecule has 0 amide bonds. The smallest absolute Gasteiger partial charge is 0.119 e. The number of alkyl halides is 1. The van der Waals surface area contributed by atoms with Gasteiger partial charge in [-0.05, 0) is 36.8 Å². The summed E-state index contributed by atoms with van der Waals surface area (Å²) in [5.74, 6) is 2.81. The van der Waals surface area contributed by atoms with Gasteiger partial charge in [-0.1, -0.05) is 59.8 Å². The predicted octanol–water partition coefficient (Wildman–Crippen LogP) is 5.05. The molecule has 18 heavy (non-hydrogen) atoms. The largest absolute Gasteiger partial charge is 0.494 e. The van der Waals surface area contributed by atoms with Crippen LogP contribution in [0.15, 0.2) is 30.3 Å². The molecule has 0 aromatic heterocycles. The van der Waals surface area contributed by atoms with E-state index in [1.807, 2.05) is 30.3 Å². The molecule has 2 rings (SSSR count). The quantitative estimate of drug-likeness (QED) is 0.506. The summed E-state index contributed by atoms with van der Waals surface area (Å²) in [7, 11) is 0. The minimum Gasteiger partial charge on any atom is -0.494 e. The summed E-state index contributed by atoms with van der Waals surface area (Å²) in [5.41, 5.74) is 0. The van der Waals surface area contributed by atoms with Gasteiger partial charge >= 0.3 is 0 Å². The first kappa shape index (κ1) is 13.9. The number of halogens is 1. The molecule has 1 nitrogen and oxygen atoms in total. The van der Waals surface area contributed by atoms with Crippen molar-refractivity contribution in [1.82, 2.24) is 0 Å². The minimum atomic E-state index is 0.847. The molecule has 0 spiro atoms. The molecule has 1 atom stereocenters. The van der Waals surface area contributed by atoms with Crippen molar-refractivity contribution < 1.29 is 4.74 Å². The lowest BCUT2D eigenvalue weighted by Gasteiger charge is -2.21. The van der Waals surface area contributed by atoms with Gasteiger partial charge in [0.2, 0.25) is 0 Å². The van der Waals surface area contributed by atoms with Crippen LogP contribution in [0.5, 0.6) is 5.75 Å². The van der Waals surface area contributed by atoms with Crippen LogP contribution in [0, 0.1) is 11.8 Å². The zero-order valence-electron chi connectivity index (χ0n) is 11.0. The molecule has 0 N–H and O–H groups in total. The maximum Gasteiger partial charge on any atom is 0.119 e. The predicted molar refractivity (Wildman–Crippen MR) is 80.4 cm³/mol. The third-order valence-corrected chi connectivity index (χ3v) is 4.83. The van der Waals surface area contributed by atoms with E-state index in [9.17, 15) is 0 Å². The van der Waals surface area contributed by atoms with Crippen LogP contribution >= 0.6 is 15.9 Å². The molecule has 0 heterocycles. The highest BCUT2D eigenvalue weighted by molar-refractivity contribution is 9.09. The van der Waals surface area contributed by atoms with E-state index in [2.05, 4.69) is 15.9 Å². The maximum absolute atomic E-state index is 5.75. The van der Waals surface area contributed by atoms with Gasteiger partial charge in [0.1, 0.15) is 5.75 Å². The van der Waals surface area contributed by atoms with Crippen molar-refractivity contribution in [2.75, 3.05) is 11.9 Å². The average Bonchev–Trinajstić information content (AvgIpc) is 2.94. The van der Waals surface area contributed by atoms with E-state index in [0.29, 0.717) is 0 Å². The van der Waals surface area contributed by atoms with Crippen molar-refractivity contribution in [3.63, 3.8) is 0 Å². The normalized spacial score (nSPS) is 17.8. The summed E-state index contributed by atoms with van der Waals surface area (Å²) < 4.78 is 5.75. The van der Waals surface area contributed by atoms with Crippen LogP contribution in [0.4, 0.5) is 0 Å². The van der Waals surface area contributed by atoms with E-state index in [-0.39, 0.29) is 0 Å². The van der Waals surface area contributed by atoms with E-state index < -0.39 is 0 Å². The van der Waals surface area contributed by atoms with Crippen molar-refractivity contribution in [3.8, 4) is 5.75 Å². The lowest BCUT2D eigenvalue weighted by Crippen LogP contribution is -2.14. The maximum atomic E-state index is 5.75. The molecular weight excluding hydrogens is 288 g/mol. The van der Waals surface area contributed by atoms with Crippen molar-refractivity contribution >= 4 is 15.9 Å². The number of hydrogen-bond donors (Lipinski definition) is 0. The molecule has 1 fully saturated rings. The lowest BCUT2D eigenvalue weighted by molar-refractivity contribution is 0.273. The fraction of sp³-hybridized carbons (Fsp3) is 0.625. The fourth-order valence-corrected chi connectivity index (χ4v) is 3.77. The Morgan fingerprint density at radius 1 is 1.17 bits per heavy atom. The van der Waals surface area contributed by atoms with E-state index in [0.717, 1.165) is 29.5 Å². The number of benzene rings is 1. The van der Waals surface area contributed by atoms with E-state index in [1.54, 1.807) is 0 Å². The Kier molecular flexibility index (Phi) is 6.06.